The lowest BCUT2D eigenvalue weighted by atomic mass is 9.97. The number of aryl methyl sites for hydroxylation is 1. The highest BCUT2D eigenvalue weighted by Crippen LogP contribution is 2.25. The molecule has 1 aromatic heterocycles. The summed E-state index contributed by atoms with van der Waals surface area (Å²) in [5.41, 5.74) is 1.39. The molecule has 2 aromatic rings. The van der Waals surface area contributed by atoms with Gasteiger partial charge in [-0.15, -0.1) is 0 Å². The van der Waals surface area contributed by atoms with Crippen LogP contribution in [0.15, 0.2) is 33.7 Å². The van der Waals surface area contributed by atoms with E-state index < -0.39 is 12.0 Å². The predicted octanol–water partition coefficient (Wildman–Crippen LogP) is 3.95. The Morgan fingerprint density at radius 2 is 1.78 bits per heavy atom. The van der Waals surface area contributed by atoms with E-state index in [4.69, 9.17) is 9.41 Å². The van der Waals surface area contributed by atoms with Crippen LogP contribution in [-0.2, 0) is 14.4 Å². The standard InChI is InChI=1S/C31H40N6O4/c1-21-10-15-36(16-11-21)30(39)25(19-32)29(33-24-8-9-27-23(18-24)17-22(2)41-27)34-26-7-3-4-14-37(31(26)40)20-28(38)35-12-5-6-13-35/h8-9,17-18,21,25-26H,3-7,10-16,20H2,1-2H3,(H,33,34)/t25?,26-/m0/s1. The highest BCUT2D eigenvalue weighted by Gasteiger charge is 2.35. The third-order valence-electron chi connectivity index (χ3n) is 8.49. The summed E-state index contributed by atoms with van der Waals surface area (Å²) >= 11 is 0. The molecule has 5 rings (SSSR count). The van der Waals surface area contributed by atoms with Gasteiger partial charge in [-0.3, -0.25) is 19.4 Å². The Balaban J connectivity index is 1.43. The SMILES string of the molecule is Cc1cc2cc(NC(=N[C@H]3CCCCN(CC(=O)N4CCCC4)C3=O)C(C#N)C(=O)N3CCC(C)CC3)ccc2o1. The topological polar surface area (TPSA) is 122 Å². The number of carbonyl (C=O) groups is 3. The number of nitrogens with zero attached hydrogens (tertiary/aromatic N) is 5. The van der Waals surface area contributed by atoms with E-state index in [1.807, 2.05) is 36.1 Å². The number of carbonyl (C=O) groups excluding carboxylic acids is 3. The smallest absolute Gasteiger partial charge is 0.247 e. The summed E-state index contributed by atoms with van der Waals surface area (Å²) in [6.07, 6.45) is 5.79. The molecule has 3 aliphatic heterocycles. The van der Waals surface area contributed by atoms with E-state index >= 15 is 0 Å². The number of benzene rings is 1. The van der Waals surface area contributed by atoms with E-state index in [1.54, 1.807) is 9.80 Å². The first kappa shape index (κ1) is 28.7. The first-order chi connectivity index (χ1) is 19.8. The van der Waals surface area contributed by atoms with Gasteiger partial charge in [0.25, 0.3) is 0 Å². The molecule has 10 nitrogen and oxygen atoms in total. The van der Waals surface area contributed by atoms with Crippen molar-refractivity contribution in [3.63, 3.8) is 0 Å². The van der Waals surface area contributed by atoms with Gasteiger partial charge in [0.05, 0.1) is 12.6 Å². The molecule has 0 saturated carbocycles. The molecule has 10 heteroatoms. The Kier molecular flexibility index (Phi) is 8.91. The molecule has 1 unspecified atom stereocenters. The number of nitriles is 1. The van der Waals surface area contributed by atoms with Crippen LogP contribution in [0.4, 0.5) is 5.69 Å². The van der Waals surface area contributed by atoms with E-state index in [2.05, 4.69) is 18.3 Å². The third-order valence-corrected chi connectivity index (χ3v) is 8.49. The summed E-state index contributed by atoms with van der Waals surface area (Å²) < 4.78 is 5.70. The summed E-state index contributed by atoms with van der Waals surface area (Å²) in [5.74, 6) is -0.259. The van der Waals surface area contributed by atoms with Crippen molar-refractivity contribution in [2.45, 2.75) is 64.8 Å². The van der Waals surface area contributed by atoms with Crippen LogP contribution in [0.1, 0.15) is 57.6 Å². The van der Waals surface area contributed by atoms with Gasteiger partial charge >= 0.3 is 0 Å². The summed E-state index contributed by atoms with van der Waals surface area (Å²) in [7, 11) is 0. The average molecular weight is 561 g/mol. The fourth-order valence-corrected chi connectivity index (χ4v) is 5.98. The van der Waals surface area contributed by atoms with E-state index in [0.717, 1.165) is 68.3 Å². The monoisotopic (exact) mass is 560 g/mol. The molecule has 3 saturated heterocycles. The van der Waals surface area contributed by atoms with Crippen LogP contribution in [0.5, 0.6) is 0 Å². The molecule has 0 spiro atoms. The van der Waals surface area contributed by atoms with Crippen molar-refractivity contribution in [2.75, 3.05) is 44.6 Å². The van der Waals surface area contributed by atoms with E-state index in [0.29, 0.717) is 37.7 Å². The zero-order chi connectivity index (χ0) is 28.9. The number of hydrogen-bond acceptors (Lipinski definition) is 6. The minimum Gasteiger partial charge on any atom is -0.461 e. The highest BCUT2D eigenvalue weighted by molar-refractivity contribution is 6.12. The summed E-state index contributed by atoms with van der Waals surface area (Å²) in [5, 5.41) is 14.4. The van der Waals surface area contributed by atoms with Crippen molar-refractivity contribution in [1.82, 2.24) is 14.7 Å². The molecule has 0 aliphatic carbocycles. The molecule has 4 heterocycles. The van der Waals surface area contributed by atoms with Crippen LogP contribution in [0.25, 0.3) is 11.0 Å². The van der Waals surface area contributed by atoms with Gasteiger partial charge in [-0.25, -0.2) is 0 Å². The van der Waals surface area contributed by atoms with Crippen LogP contribution in [0.3, 0.4) is 0 Å². The van der Waals surface area contributed by atoms with Crippen LogP contribution >= 0.6 is 0 Å². The number of furan rings is 1. The van der Waals surface area contributed by atoms with Crippen molar-refractivity contribution in [1.29, 1.82) is 5.26 Å². The van der Waals surface area contributed by atoms with E-state index in [1.165, 1.54) is 0 Å². The van der Waals surface area contributed by atoms with Crippen molar-refractivity contribution in [3.05, 3.63) is 30.0 Å². The van der Waals surface area contributed by atoms with Gasteiger partial charge in [-0.05, 0) is 82.1 Å². The number of amidine groups is 1. The number of nitrogens with one attached hydrogen (secondary N) is 1. The van der Waals surface area contributed by atoms with Crippen LogP contribution in [0.2, 0.25) is 0 Å². The Bertz CT molecular complexity index is 1350. The number of likely N-dealkylation sites (tertiary alicyclic amines) is 3. The predicted molar refractivity (Wildman–Crippen MR) is 156 cm³/mol. The second-order valence-electron chi connectivity index (χ2n) is 11.7. The fourth-order valence-electron chi connectivity index (χ4n) is 5.98. The average Bonchev–Trinajstić information content (AvgIpc) is 3.59. The third kappa shape index (κ3) is 6.72. The molecule has 1 aromatic carbocycles. The first-order valence-electron chi connectivity index (χ1n) is 14.9. The molecule has 3 aliphatic rings. The molecule has 1 N–H and O–H groups in total. The molecule has 41 heavy (non-hydrogen) atoms. The number of anilines is 1. The van der Waals surface area contributed by atoms with Crippen LogP contribution in [0, 0.1) is 30.1 Å². The maximum Gasteiger partial charge on any atom is 0.247 e. The van der Waals surface area contributed by atoms with Crippen molar-refractivity contribution in [2.24, 2.45) is 16.8 Å². The summed E-state index contributed by atoms with van der Waals surface area (Å²) in [4.78, 5) is 50.2. The van der Waals surface area contributed by atoms with Crippen molar-refractivity contribution in [3.8, 4) is 6.07 Å². The number of aliphatic imine (C=N–C) groups is 1. The Hall–Kier alpha value is -3.87. The van der Waals surface area contributed by atoms with Crippen LogP contribution in [-0.4, -0.2) is 83.6 Å². The number of fused-ring (bicyclic) bond motifs is 1. The van der Waals surface area contributed by atoms with E-state index in [9.17, 15) is 19.6 Å². The van der Waals surface area contributed by atoms with Crippen molar-refractivity contribution >= 4 is 40.2 Å². The van der Waals surface area contributed by atoms with Crippen LogP contribution < -0.4 is 5.32 Å². The molecule has 3 fully saturated rings. The fraction of sp³-hybridized carbons (Fsp3) is 0.581. The molecule has 0 bridgehead atoms. The maximum absolute atomic E-state index is 13.7. The Morgan fingerprint density at radius 1 is 1.05 bits per heavy atom. The molecule has 218 valence electrons. The molecular weight excluding hydrogens is 520 g/mol. The van der Waals surface area contributed by atoms with Gasteiger partial charge in [0.15, 0.2) is 5.92 Å². The lowest BCUT2D eigenvalue weighted by molar-refractivity contribution is -0.140. The maximum atomic E-state index is 13.7. The number of piperidine rings is 1. The number of rotatable bonds is 6. The van der Waals surface area contributed by atoms with Gasteiger partial charge < -0.3 is 24.4 Å². The Morgan fingerprint density at radius 3 is 2.51 bits per heavy atom. The minimum absolute atomic E-state index is 0.0352. The minimum atomic E-state index is -1.18. The zero-order valence-corrected chi connectivity index (χ0v) is 24.1. The second-order valence-corrected chi connectivity index (χ2v) is 11.7. The first-order valence-corrected chi connectivity index (χ1v) is 14.9. The molecular formula is C31H40N6O4. The van der Waals surface area contributed by atoms with Gasteiger partial charge in [0, 0.05) is 43.8 Å². The molecule has 0 radical (unpaired) electrons. The summed E-state index contributed by atoms with van der Waals surface area (Å²) in [6, 6.07) is 8.86. The normalized spacial score (nSPS) is 21.6. The second kappa shape index (κ2) is 12.8. The van der Waals surface area contributed by atoms with Gasteiger partial charge in [-0.1, -0.05) is 6.92 Å². The molecule has 2 atom stereocenters. The molecule has 3 amide bonds. The largest absolute Gasteiger partial charge is 0.461 e. The zero-order valence-electron chi connectivity index (χ0n) is 24.1. The van der Waals surface area contributed by atoms with Gasteiger partial charge in [-0.2, -0.15) is 5.26 Å². The lowest BCUT2D eigenvalue weighted by Crippen LogP contribution is -2.46. The summed E-state index contributed by atoms with van der Waals surface area (Å²) in [6.45, 7) is 7.25. The lowest BCUT2D eigenvalue weighted by Gasteiger charge is -2.32. The number of hydrogen-bond donors (Lipinski definition) is 1. The van der Waals surface area contributed by atoms with E-state index in [-0.39, 0.29) is 30.1 Å². The Labute approximate surface area is 241 Å². The van der Waals surface area contributed by atoms with Gasteiger partial charge in [0.1, 0.15) is 23.2 Å². The quantitative estimate of drug-likeness (QED) is 0.422. The number of amides is 3. The highest BCUT2D eigenvalue weighted by atomic mass is 16.3. The van der Waals surface area contributed by atoms with Crippen molar-refractivity contribution < 1.29 is 18.8 Å². The van der Waals surface area contributed by atoms with Gasteiger partial charge in [0.2, 0.25) is 17.7 Å².